The molecule has 8 heterocycles. The number of anilines is 4. The zero-order valence-electron chi connectivity index (χ0n) is 35.6. The number of nitrogens with zero attached hydrogens (tertiary/aromatic N) is 9. The summed E-state index contributed by atoms with van der Waals surface area (Å²) in [5, 5.41) is 17.2. The molecule has 2 atom stereocenters. The van der Waals surface area contributed by atoms with Crippen LogP contribution in [0, 0.1) is 5.41 Å². The molecule has 1 unspecified atom stereocenters. The molecule has 6 aliphatic rings. The second-order valence-electron chi connectivity index (χ2n) is 18.3. The molecule has 328 valence electrons. The molecule has 4 amide bonds. The maximum atomic E-state index is 13.7. The first-order chi connectivity index (χ1) is 31.0. The summed E-state index contributed by atoms with van der Waals surface area (Å²) in [6.45, 7) is 11.5. The second-order valence-corrected chi connectivity index (χ2v) is 18.3. The van der Waals surface area contributed by atoms with Crippen molar-refractivity contribution in [3.63, 3.8) is 0 Å². The molecule has 0 saturated carbocycles. The Labute approximate surface area is 368 Å². The topological polar surface area (TPSA) is 191 Å². The van der Waals surface area contributed by atoms with Crippen molar-refractivity contribution in [2.75, 3.05) is 54.4 Å². The summed E-state index contributed by atoms with van der Waals surface area (Å²) in [7, 11) is 0. The number of rotatable bonds is 10. The summed E-state index contributed by atoms with van der Waals surface area (Å²) in [5.41, 5.74) is 4.31. The van der Waals surface area contributed by atoms with E-state index in [2.05, 4.69) is 49.0 Å². The van der Waals surface area contributed by atoms with Gasteiger partial charge in [0, 0.05) is 74.7 Å². The summed E-state index contributed by atoms with van der Waals surface area (Å²) in [5.74, 6) is -1.11. The van der Waals surface area contributed by atoms with Crippen molar-refractivity contribution in [3.8, 4) is 5.82 Å². The molecule has 2 aromatic carbocycles. The fourth-order valence-electron chi connectivity index (χ4n) is 11.0. The second kappa shape index (κ2) is 14.9. The van der Waals surface area contributed by atoms with Gasteiger partial charge in [0.25, 0.3) is 17.4 Å². The Morgan fingerprint density at radius 1 is 0.906 bits per heavy atom. The molecule has 3 aromatic heterocycles. The van der Waals surface area contributed by atoms with E-state index in [-0.39, 0.29) is 30.4 Å². The van der Waals surface area contributed by atoms with E-state index in [1.807, 2.05) is 37.3 Å². The molecular weight excluding hydrogens is 815 g/mol. The van der Waals surface area contributed by atoms with Gasteiger partial charge in [-0.05, 0) is 86.6 Å². The third-order valence-electron chi connectivity index (χ3n) is 14.4. The molecule has 4 saturated heterocycles. The van der Waals surface area contributed by atoms with Gasteiger partial charge in [0.15, 0.2) is 11.5 Å². The smallest absolute Gasteiger partial charge is 0.278 e. The number of imide groups is 2. The Hall–Kier alpha value is -6.72. The minimum Gasteiger partial charge on any atom is -0.384 e. The number of aromatic nitrogens is 5. The number of aryl methyl sites for hydroxylation is 1. The molecular formula is C47H49N11O6. The molecule has 4 fully saturated rings. The van der Waals surface area contributed by atoms with Crippen LogP contribution in [-0.4, -0.2) is 114 Å². The average Bonchev–Trinajstić information content (AvgIpc) is 3.85. The number of hydrogen-bond donors (Lipinski definition) is 3. The lowest BCUT2D eigenvalue weighted by atomic mass is 9.71. The van der Waals surface area contributed by atoms with E-state index >= 15 is 0 Å². The maximum Gasteiger partial charge on any atom is 0.278 e. The molecule has 0 bridgehead atoms. The van der Waals surface area contributed by atoms with Crippen molar-refractivity contribution >= 4 is 57.7 Å². The zero-order chi connectivity index (χ0) is 44.1. The average molecular weight is 864 g/mol. The van der Waals surface area contributed by atoms with Crippen LogP contribution in [0.3, 0.4) is 0 Å². The van der Waals surface area contributed by atoms with Gasteiger partial charge in [0.05, 0.1) is 29.1 Å². The monoisotopic (exact) mass is 863 g/mol. The molecule has 17 heteroatoms. The molecule has 3 N–H and O–H groups in total. The number of carbonyl (C=O) groups is 4. The highest BCUT2D eigenvalue weighted by atomic mass is 16.3. The lowest BCUT2D eigenvalue weighted by molar-refractivity contribution is -0.136. The number of nitrogens with one attached hydrogen (secondary N) is 2. The molecule has 11 rings (SSSR count). The van der Waals surface area contributed by atoms with Crippen molar-refractivity contribution in [2.24, 2.45) is 5.41 Å². The first kappa shape index (κ1) is 40.1. The van der Waals surface area contributed by atoms with Crippen LogP contribution < -0.4 is 26.0 Å². The van der Waals surface area contributed by atoms with Gasteiger partial charge >= 0.3 is 0 Å². The number of pyridine rings is 1. The molecule has 5 aromatic rings. The van der Waals surface area contributed by atoms with Gasteiger partial charge in [0.1, 0.15) is 17.0 Å². The standard InChI is InChI=1S/C47H49N11O6/c1-3-20-56-42(61)33-23-48-45(52-40(33)58(56)36-14-8-28-16-19-47(64,4-2)39(28)50-36)49-29-9-11-30(12-10-29)53-21-17-31(18-22-53)54-24-46(25-54)26-55(27-46)34-7-5-6-32-38(34)44(63)57(43(32)62)35-13-15-37(59)51-41(35)60/h3,5-12,14,23,31,35,64H,1,4,13,15-22,24-27H2,2H3,(H,48,49,52)(H,51,59,60)/t35?,47-/m1/s1. The highest BCUT2D eigenvalue weighted by Crippen LogP contribution is 2.46. The van der Waals surface area contributed by atoms with Crippen LogP contribution in [0.5, 0.6) is 0 Å². The number of piperidine rings is 2. The first-order valence-electron chi connectivity index (χ1n) is 22.2. The number of benzene rings is 2. The van der Waals surface area contributed by atoms with E-state index < -0.39 is 35.3 Å². The molecule has 1 aliphatic carbocycles. The van der Waals surface area contributed by atoms with Crippen molar-refractivity contribution in [3.05, 3.63) is 106 Å². The molecule has 1 spiro atoms. The van der Waals surface area contributed by atoms with Crippen LogP contribution in [0.25, 0.3) is 16.9 Å². The Morgan fingerprint density at radius 2 is 1.69 bits per heavy atom. The predicted octanol–water partition coefficient (Wildman–Crippen LogP) is 3.64. The number of fused-ring (bicyclic) bond motifs is 3. The molecule has 17 nitrogen and oxygen atoms in total. The summed E-state index contributed by atoms with van der Waals surface area (Å²) < 4.78 is 3.23. The summed E-state index contributed by atoms with van der Waals surface area (Å²) in [6, 6.07) is 16.9. The fraction of sp³-hybridized carbons (Fsp3) is 0.404. The van der Waals surface area contributed by atoms with E-state index in [0.717, 1.165) is 86.1 Å². The minimum absolute atomic E-state index is 0.0883. The normalized spacial score (nSPS) is 23.0. The largest absolute Gasteiger partial charge is 0.384 e. The van der Waals surface area contributed by atoms with Gasteiger partial charge < -0.3 is 20.2 Å². The van der Waals surface area contributed by atoms with E-state index in [9.17, 15) is 29.1 Å². The van der Waals surface area contributed by atoms with Crippen molar-refractivity contribution in [1.29, 1.82) is 0 Å². The third kappa shape index (κ3) is 6.34. The quantitative estimate of drug-likeness (QED) is 0.136. The van der Waals surface area contributed by atoms with Crippen LogP contribution in [0.4, 0.5) is 23.0 Å². The third-order valence-corrected chi connectivity index (χ3v) is 14.4. The van der Waals surface area contributed by atoms with Gasteiger partial charge in [0.2, 0.25) is 17.8 Å². The minimum atomic E-state index is -1.00. The van der Waals surface area contributed by atoms with E-state index in [1.54, 1.807) is 29.1 Å². The van der Waals surface area contributed by atoms with Gasteiger partial charge in [-0.2, -0.15) is 4.98 Å². The fourth-order valence-corrected chi connectivity index (χ4v) is 11.0. The van der Waals surface area contributed by atoms with Crippen LogP contribution in [0.2, 0.25) is 0 Å². The zero-order valence-corrected chi connectivity index (χ0v) is 35.6. The maximum absolute atomic E-state index is 13.7. The Bertz CT molecular complexity index is 2850. The highest BCUT2D eigenvalue weighted by Gasteiger charge is 2.55. The number of carbonyl (C=O) groups excluding carboxylic acids is 4. The lowest BCUT2D eigenvalue weighted by Gasteiger charge is -2.63. The SMILES string of the molecule is C=CCn1c(=O)c2cnc(Nc3ccc(N4CCC(N5CC6(CN(c7cccc8c7C(=O)N(C7CCC(=O)NC7=O)C8=O)C6)C5)CC4)cc3)nc2n1-c1ccc2c(n1)[C@@](O)(CC)CC2. The van der Waals surface area contributed by atoms with Crippen LogP contribution >= 0.6 is 0 Å². The summed E-state index contributed by atoms with van der Waals surface area (Å²) >= 11 is 0. The van der Waals surface area contributed by atoms with Crippen molar-refractivity contribution < 1.29 is 24.3 Å². The Kier molecular flexibility index (Phi) is 9.36. The Balaban J connectivity index is 0.708. The van der Waals surface area contributed by atoms with Gasteiger partial charge in [-0.3, -0.25) is 39.1 Å². The summed E-state index contributed by atoms with van der Waals surface area (Å²) in [4.78, 5) is 87.3. The number of likely N-dealkylation sites (tertiary alicyclic amines) is 1. The molecule has 64 heavy (non-hydrogen) atoms. The number of amides is 4. The predicted molar refractivity (Wildman–Crippen MR) is 238 cm³/mol. The van der Waals surface area contributed by atoms with Crippen LogP contribution in [0.15, 0.2) is 78.2 Å². The number of aliphatic hydroxyl groups is 1. The molecule has 0 radical (unpaired) electrons. The van der Waals surface area contributed by atoms with E-state index in [0.29, 0.717) is 58.5 Å². The number of hydrogen-bond acceptors (Lipinski definition) is 13. The number of allylic oxidation sites excluding steroid dienone is 1. The molecule has 5 aliphatic heterocycles. The first-order valence-corrected chi connectivity index (χ1v) is 22.2. The van der Waals surface area contributed by atoms with E-state index in [4.69, 9.17) is 9.97 Å². The summed E-state index contributed by atoms with van der Waals surface area (Å²) in [6.07, 6.45) is 7.43. The highest BCUT2D eigenvalue weighted by molar-refractivity contribution is 6.25. The van der Waals surface area contributed by atoms with Crippen molar-refractivity contribution in [2.45, 2.75) is 76.1 Å². The van der Waals surface area contributed by atoms with Crippen molar-refractivity contribution in [1.82, 2.24) is 39.4 Å². The van der Waals surface area contributed by atoms with Gasteiger partial charge in [-0.15, -0.1) is 6.58 Å². The van der Waals surface area contributed by atoms with E-state index in [1.165, 1.54) is 4.68 Å². The van der Waals surface area contributed by atoms with Crippen LogP contribution in [0.1, 0.15) is 77.4 Å². The lowest BCUT2D eigenvalue weighted by Crippen LogP contribution is -2.74. The van der Waals surface area contributed by atoms with Gasteiger partial charge in [-0.25, -0.2) is 19.3 Å². The van der Waals surface area contributed by atoms with Crippen LogP contribution in [-0.2, 0) is 28.2 Å². The van der Waals surface area contributed by atoms with Gasteiger partial charge in [-0.1, -0.05) is 25.1 Å². The Morgan fingerprint density at radius 3 is 2.42 bits per heavy atom.